The monoisotopic (exact) mass is 283 g/mol. The molecule has 110 valence electrons. The summed E-state index contributed by atoms with van der Waals surface area (Å²) in [5.41, 5.74) is 7.70. The number of carbonyl (C=O) groups excluding carboxylic acids is 1. The van der Waals surface area contributed by atoms with Gasteiger partial charge in [0.25, 0.3) is 0 Å². The predicted molar refractivity (Wildman–Crippen MR) is 84.7 cm³/mol. The van der Waals surface area contributed by atoms with Crippen molar-refractivity contribution in [3.8, 4) is 5.75 Å². The molecule has 0 aliphatic rings. The minimum absolute atomic E-state index is 0.0620. The molecular weight excluding hydrogens is 262 g/mol. The van der Waals surface area contributed by atoms with Crippen LogP contribution in [0.2, 0.25) is 0 Å². The van der Waals surface area contributed by atoms with E-state index in [1.165, 1.54) is 0 Å². The van der Waals surface area contributed by atoms with Crippen molar-refractivity contribution in [3.63, 3.8) is 0 Å². The summed E-state index contributed by atoms with van der Waals surface area (Å²) in [5.74, 6) is 0.635. The number of benzene rings is 2. The summed E-state index contributed by atoms with van der Waals surface area (Å²) in [4.78, 5) is 12.4. The molecule has 0 aliphatic heterocycles. The van der Waals surface area contributed by atoms with E-state index in [9.17, 15) is 4.79 Å². The summed E-state index contributed by atoms with van der Waals surface area (Å²) in [6.45, 7) is 3.91. The van der Waals surface area contributed by atoms with Gasteiger partial charge in [0.05, 0.1) is 12.1 Å². The van der Waals surface area contributed by atoms with Crippen molar-refractivity contribution in [2.45, 2.75) is 32.4 Å². The molecule has 0 aliphatic carbocycles. The fourth-order valence-corrected chi connectivity index (χ4v) is 2.17. The maximum Gasteiger partial charge on any atom is 0.179 e. The van der Waals surface area contributed by atoms with E-state index in [0.29, 0.717) is 17.7 Å². The van der Waals surface area contributed by atoms with Crippen molar-refractivity contribution in [3.05, 3.63) is 65.7 Å². The highest BCUT2D eigenvalue weighted by atomic mass is 16.5. The van der Waals surface area contributed by atoms with Crippen LogP contribution in [0.15, 0.2) is 54.6 Å². The van der Waals surface area contributed by atoms with E-state index in [4.69, 9.17) is 10.5 Å². The Hall–Kier alpha value is -2.13. The van der Waals surface area contributed by atoms with Gasteiger partial charge in [0.2, 0.25) is 0 Å². The van der Waals surface area contributed by atoms with Crippen molar-refractivity contribution >= 4 is 5.78 Å². The quantitative estimate of drug-likeness (QED) is 0.828. The summed E-state index contributed by atoms with van der Waals surface area (Å²) in [7, 11) is 0. The summed E-state index contributed by atoms with van der Waals surface area (Å²) >= 11 is 0. The summed E-state index contributed by atoms with van der Waals surface area (Å²) in [6.07, 6.45) is 0.614. The molecule has 3 nitrogen and oxygen atoms in total. The molecule has 0 spiro atoms. The molecule has 0 amide bonds. The Labute approximate surface area is 125 Å². The Morgan fingerprint density at radius 1 is 1.10 bits per heavy atom. The maximum atomic E-state index is 12.4. The van der Waals surface area contributed by atoms with Crippen LogP contribution >= 0.6 is 0 Å². The molecule has 1 atom stereocenters. The zero-order valence-corrected chi connectivity index (χ0v) is 12.5. The van der Waals surface area contributed by atoms with E-state index in [1.807, 2.05) is 56.3 Å². The number of hydrogen-bond acceptors (Lipinski definition) is 3. The van der Waals surface area contributed by atoms with Gasteiger partial charge in [0, 0.05) is 5.56 Å². The lowest BCUT2D eigenvalue weighted by Gasteiger charge is -2.13. The summed E-state index contributed by atoms with van der Waals surface area (Å²) < 4.78 is 5.61. The highest BCUT2D eigenvalue weighted by molar-refractivity contribution is 6.00. The number of carbonyl (C=O) groups is 1. The predicted octanol–water partition coefficient (Wildman–Crippen LogP) is 3.23. The zero-order chi connectivity index (χ0) is 15.2. The molecule has 0 saturated heterocycles. The first kappa shape index (κ1) is 15.3. The minimum atomic E-state index is -0.540. The number of nitrogens with two attached hydrogens (primary N) is 1. The molecule has 0 radical (unpaired) electrons. The van der Waals surface area contributed by atoms with Crippen LogP contribution in [0.5, 0.6) is 5.75 Å². The molecule has 2 N–H and O–H groups in total. The lowest BCUT2D eigenvalue weighted by Crippen LogP contribution is -2.32. The molecule has 3 heteroatoms. The molecule has 0 aromatic heterocycles. The van der Waals surface area contributed by atoms with Crippen molar-refractivity contribution in [1.29, 1.82) is 0 Å². The molecule has 0 fully saturated rings. The number of ketones is 1. The lowest BCUT2D eigenvalue weighted by molar-refractivity contribution is 0.0960. The van der Waals surface area contributed by atoms with Gasteiger partial charge < -0.3 is 10.5 Å². The van der Waals surface area contributed by atoms with Gasteiger partial charge in [-0.2, -0.15) is 0 Å². The normalized spacial score (nSPS) is 12.2. The maximum absolute atomic E-state index is 12.4. The smallest absolute Gasteiger partial charge is 0.179 e. The Balaban J connectivity index is 2.08. The Bertz CT molecular complexity index is 593. The van der Waals surface area contributed by atoms with Crippen LogP contribution in [0, 0.1) is 0 Å². The second-order valence-corrected chi connectivity index (χ2v) is 5.35. The average molecular weight is 283 g/mol. The molecule has 0 bridgehead atoms. The minimum Gasteiger partial charge on any atom is -0.491 e. The largest absolute Gasteiger partial charge is 0.491 e. The molecule has 21 heavy (non-hydrogen) atoms. The Morgan fingerprint density at radius 3 is 2.48 bits per heavy atom. The summed E-state index contributed by atoms with van der Waals surface area (Å²) in [6, 6.07) is 16.5. The van der Waals surface area contributed by atoms with Crippen molar-refractivity contribution in [2.75, 3.05) is 0 Å². The van der Waals surface area contributed by atoms with E-state index >= 15 is 0 Å². The second-order valence-electron chi connectivity index (χ2n) is 5.35. The molecule has 0 heterocycles. The van der Waals surface area contributed by atoms with Gasteiger partial charge in [0.1, 0.15) is 5.75 Å². The average Bonchev–Trinajstić information content (AvgIpc) is 2.47. The third-order valence-electron chi connectivity index (χ3n) is 3.13. The third kappa shape index (κ3) is 4.43. The van der Waals surface area contributed by atoms with E-state index in [2.05, 4.69) is 0 Å². The van der Waals surface area contributed by atoms with Crippen LogP contribution < -0.4 is 10.5 Å². The SMILES string of the molecule is CC(C)Oc1cccc(C(=O)C(N)Cc2ccccc2)c1. The molecular formula is C18H21NO2. The standard InChI is InChI=1S/C18H21NO2/c1-13(2)21-16-10-6-9-15(12-16)18(20)17(19)11-14-7-4-3-5-8-14/h3-10,12-13,17H,11,19H2,1-2H3. The van der Waals surface area contributed by atoms with Crippen LogP contribution in [0.1, 0.15) is 29.8 Å². The van der Waals surface area contributed by atoms with Crippen molar-refractivity contribution in [1.82, 2.24) is 0 Å². The van der Waals surface area contributed by atoms with Gasteiger partial charge >= 0.3 is 0 Å². The van der Waals surface area contributed by atoms with E-state index in [1.54, 1.807) is 12.1 Å². The van der Waals surface area contributed by atoms with Gasteiger partial charge in [-0.25, -0.2) is 0 Å². The Kier molecular flexibility index (Phi) is 5.12. The third-order valence-corrected chi connectivity index (χ3v) is 3.13. The zero-order valence-electron chi connectivity index (χ0n) is 12.5. The van der Waals surface area contributed by atoms with Crippen molar-refractivity contribution in [2.24, 2.45) is 5.73 Å². The van der Waals surface area contributed by atoms with Gasteiger partial charge in [-0.1, -0.05) is 42.5 Å². The first-order valence-electron chi connectivity index (χ1n) is 7.16. The van der Waals surface area contributed by atoms with Crippen LogP contribution in [-0.2, 0) is 6.42 Å². The van der Waals surface area contributed by atoms with Crippen LogP contribution in [-0.4, -0.2) is 17.9 Å². The Morgan fingerprint density at radius 2 is 1.81 bits per heavy atom. The summed E-state index contributed by atoms with van der Waals surface area (Å²) in [5, 5.41) is 0. The van der Waals surface area contributed by atoms with Gasteiger partial charge in [-0.3, -0.25) is 4.79 Å². The van der Waals surface area contributed by atoms with Crippen LogP contribution in [0.4, 0.5) is 0 Å². The first-order valence-corrected chi connectivity index (χ1v) is 7.16. The molecule has 2 aromatic rings. The fraction of sp³-hybridized carbons (Fsp3) is 0.278. The van der Waals surface area contributed by atoms with Crippen LogP contribution in [0.3, 0.4) is 0 Å². The number of rotatable bonds is 6. The van der Waals surface area contributed by atoms with Gasteiger partial charge in [0.15, 0.2) is 5.78 Å². The van der Waals surface area contributed by atoms with Crippen molar-refractivity contribution < 1.29 is 9.53 Å². The number of ether oxygens (including phenoxy) is 1. The lowest BCUT2D eigenvalue weighted by atomic mass is 9.98. The second kappa shape index (κ2) is 7.04. The fourth-order valence-electron chi connectivity index (χ4n) is 2.17. The van der Waals surface area contributed by atoms with Gasteiger partial charge in [-0.15, -0.1) is 0 Å². The first-order chi connectivity index (χ1) is 10.1. The molecule has 0 saturated carbocycles. The van der Waals surface area contributed by atoms with E-state index in [-0.39, 0.29) is 11.9 Å². The number of hydrogen-bond donors (Lipinski definition) is 1. The van der Waals surface area contributed by atoms with E-state index in [0.717, 1.165) is 5.56 Å². The molecule has 2 rings (SSSR count). The highest BCUT2D eigenvalue weighted by Gasteiger charge is 2.16. The van der Waals surface area contributed by atoms with Gasteiger partial charge in [-0.05, 0) is 38.0 Å². The molecule has 1 unspecified atom stereocenters. The highest BCUT2D eigenvalue weighted by Crippen LogP contribution is 2.17. The molecule has 2 aromatic carbocycles. The topological polar surface area (TPSA) is 52.3 Å². The number of Topliss-reactive ketones (excluding diaryl/α,β-unsaturated/α-hetero) is 1. The van der Waals surface area contributed by atoms with Crippen LogP contribution in [0.25, 0.3) is 0 Å². The van der Waals surface area contributed by atoms with E-state index < -0.39 is 6.04 Å².